The van der Waals surface area contributed by atoms with Crippen molar-refractivity contribution in [3.05, 3.63) is 34.1 Å². The molecule has 0 atom stereocenters. The largest absolute Gasteiger partial charge is 0.433 e. The maximum atomic E-state index is 12.9. The molecule has 2 heterocycles. The van der Waals surface area contributed by atoms with Gasteiger partial charge in [-0.1, -0.05) is 25.7 Å². The molecular formula is C16H21BrF3N5O2Si. The number of rotatable bonds is 8. The number of anilines is 2. The Balaban J connectivity index is 2.28. The summed E-state index contributed by atoms with van der Waals surface area (Å²) in [6.45, 7) is 7.12. The van der Waals surface area contributed by atoms with Crippen molar-refractivity contribution in [2.24, 2.45) is 5.73 Å². The van der Waals surface area contributed by atoms with Crippen molar-refractivity contribution in [2.75, 3.05) is 11.9 Å². The van der Waals surface area contributed by atoms with E-state index in [1.807, 2.05) is 0 Å². The van der Waals surface area contributed by atoms with Crippen LogP contribution in [0.5, 0.6) is 0 Å². The van der Waals surface area contributed by atoms with Gasteiger partial charge < -0.3 is 15.8 Å². The molecule has 0 bridgehead atoms. The minimum absolute atomic E-state index is 0.00233. The lowest BCUT2D eigenvalue weighted by Crippen LogP contribution is -2.22. The Hall–Kier alpha value is -1.92. The molecule has 154 valence electrons. The molecule has 0 spiro atoms. The van der Waals surface area contributed by atoms with E-state index in [4.69, 9.17) is 10.5 Å². The summed E-state index contributed by atoms with van der Waals surface area (Å²) in [4.78, 5) is 15.3. The lowest BCUT2D eigenvalue weighted by Gasteiger charge is -2.16. The second-order valence-electron chi connectivity index (χ2n) is 7.26. The molecule has 0 radical (unpaired) electrons. The van der Waals surface area contributed by atoms with Gasteiger partial charge in [-0.3, -0.25) is 4.79 Å². The van der Waals surface area contributed by atoms with E-state index in [0.717, 1.165) is 12.1 Å². The molecule has 3 N–H and O–H groups in total. The first kappa shape index (κ1) is 22.4. The van der Waals surface area contributed by atoms with Crippen molar-refractivity contribution >= 4 is 41.5 Å². The molecule has 0 fully saturated rings. The van der Waals surface area contributed by atoms with Gasteiger partial charge in [0.25, 0.3) is 5.91 Å². The Morgan fingerprint density at radius 2 is 2.04 bits per heavy atom. The zero-order valence-corrected chi connectivity index (χ0v) is 18.2. The van der Waals surface area contributed by atoms with Crippen molar-refractivity contribution in [3.8, 4) is 0 Å². The first-order chi connectivity index (χ1) is 12.9. The summed E-state index contributed by atoms with van der Waals surface area (Å²) in [5, 5.41) is 6.84. The first-order valence-corrected chi connectivity index (χ1v) is 12.8. The highest BCUT2D eigenvalue weighted by Gasteiger charge is 2.32. The molecular weight excluding hydrogens is 459 g/mol. The number of amides is 1. The lowest BCUT2D eigenvalue weighted by molar-refractivity contribution is -0.141. The molecule has 0 aliphatic carbocycles. The van der Waals surface area contributed by atoms with Gasteiger partial charge >= 0.3 is 6.18 Å². The van der Waals surface area contributed by atoms with Gasteiger partial charge in [-0.15, -0.1) is 0 Å². The van der Waals surface area contributed by atoms with Crippen LogP contribution in [-0.2, 0) is 17.6 Å². The third kappa shape index (κ3) is 6.04. The van der Waals surface area contributed by atoms with E-state index < -0.39 is 25.9 Å². The average Bonchev–Trinajstić information content (AvgIpc) is 2.86. The highest BCUT2D eigenvalue weighted by Crippen LogP contribution is 2.30. The third-order valence-electron chi connectivity index (χ3n) is 3.65. The van der Waals surface area contributed by atoms with Crippen LogP contribution in [0.15, 0.2) is 22.8 Å². The SMILES string of the molecule is C[Si](C)(C)CCOCn1nc(Br)c(C(N)=O)c1Nc1cccc(C(F)(F)F)n1. The van der Waals surface area contributed by atoms with Crippen LogP contribution in [-0.4, -0.2) is 35.4 Å². The molecule has 0 saturated heterocycles. The standard InChI is InChI=1S/C16H21BrF3N5O2Si/c1-28(2,3)8-7-27-9-25-15(12(14(21)26)13(17)24-25)23-11-6-4-5-10(22-11)16(18,19)20/h4-6H,7-9H2,1-3H3,(H2,21,26)(H,22,23). The number of primary amides is 1. The number of nitrogens with one attached hydrogen (secondary N) is 1. The van der Waals surface area contributed by atoms with Crippen LogP contribution in [0, 0.1) is 0 Å². The van der Waals surface area contributed by atoms with Crippen LogP contribution >= 0.6 is 15.9 Å². The smallest absolute Gasteiger partial charge is 0.365 e. The van der Waals surface area contributed by atoms with Crippen LogP contribution in [0.4, 0.5) is 24.8 Å². The Morgan fingerprint density at radius 1 is 1.36 bits per heavy atom. The molecule has 1 amide bonds. The topological polar surface area (TPSA) is 95.1 Å². The molecule has 0 unspecified atom stereocenters. The number of hydrogen-bond donors (Lipinski definition) is 2. The normalized spacial score (nSPS) is 12.2. The highest BCUT2D eigenvalue weighted by atomic mass is 79.9. The Morgan fingerprint density at radius 3 is 2.61 bits per heavy atom. The number of hydrogen-bond acceptors (Lipinski definition) is 5. The van der Waals surface area contributed by atoms with Gasteiger partial charge in [0, 0.05) is 14.7 Å². The van der Waals surface area contributed by atoms with Crippen LogP contribution in [0.3, 0.4) is 0 Å². The Labute approximate surface area is 169 Å². The Bertz CT molecular complexity index is 852. The predicted octanol–water partition coefficient (Wildman–Crippen LogP) is 4.21. The number of aromatic nitrogens is 3. The van der Waals surface area contributed by atoms with Crippen molar-refractivity contribution < 1.29 is 22.7 Å². The van der Waals surface area contributed by atoms with Gasteiger partial charge in [-0.25, -0.2) is 9.67 Å². The van der Waals surface area contributed by atoms with Crippen molar-refractivity contribution in [3.63, 3.8) is 0 Å². The number of carbonyl (C=O) groups is 1. The van der Waals surface area contributed by atoms with E-state index in [1.54, 1.807) is 0 Å². The molecule has 0 aliphatic heterocycles. The second-order valence-corrected chi connectivity index (χ2v) is 13.6. The summed E-state index contributed by atoms with van der Waals surface area (Å²) in [6.07, 6.45) is -4.59. The molecule has 7 nitrogen and oxygen atoms in total. The maximum Gasteiger partial charge on any atom is 0.433 e. The van der Waals surface area contributed by atoms with E-state index in [1.165, 1.54) is 16.8 Å². The molecule has 0 saturated carbocycles. The fourth-order valence-corrected chi connectivity index (χ4v) is 3.52. The van der Waals surface area contributed by atoms with Crippen molar-refractivity contribution in [2.45, 2.75) is 38.6 Å². The number of pyridine rings is 1. The van der Waals surface area contributed by atoms with Crippen LogP contribution in [0.2, 0.25) is 25.7 Å². The summed E-state index contributed by atoms with van der Waals surface area (Å²) in [7, 11) is -1.29. The second kappa shape index (κ2) is 8.62. The van der Waals surface area contributed by atoms with E-state index in [2.05, 4.69) is 51.0 Å². The summed E-state index contributed by atoms with van der Waals surface area (Å²) in [6, 6.07) is 4.34. The lowest BCUT2D eigenvalue weighted by atomic mass is 10.3. The van der Waals surface area contributed by atoms with Gasteiger partial charge in [-0.2, -0.15) is 18.3 Å². The average molecular weight is 480 g/mol. The molecule has 12 heteroatoms. The summed E-state index contributed by atoms with van der Waals surface area (Å²) < 4.78 is 45.8. The van der Waals surface area contributed by atoms with E-state index >= 15 is 0 Å². The quantitative estimate of drug-likeness (QED) is 0.436. The van der Waals surface area contributed by atoms with Gasteiger partial charge in [0.15, 0.2) is 0 Å². The summed E-state index contributed by atoms with van der Waals surface area (Å²) >= 11 is 3.15. The maximum absolute atomic E-state index is 12.9. The minimum atomic E-state index is -4.59. The third-order valence-corrected chi connectivity index (χ3v) is 5.91. The number of nitrogens with two attached hydrogens (primary N) is 1. The zero-order valence-electron chi connectivity index (χ0n) is 15.6. The van der Waals surface area contributed by atoms with E-state index in [9.17, 15) is 18.0 Å². The molecule has 2 aromatic rings. The summed E-state index contributed by atoms with van der Waals surface area (Å²) in [5.74, 6) is -0.804. The molecule has 28 heavy (non-hydrogen) atoms. The molecule has 0 aliphatic rings. The fraction of sp³-hybridized carbons (Fsp3) is 0.438. The van der Waals surface area contributed by atoms with E-state index in [-0.39, 0.29) is 28.5 Å². The van der Waals surface area contributed by atoms with Crippen LogP contribution in [0.25, 0.3) is 0 Å². The number of carbonyl (C=O) groups excluding carboxylic acids is 1. The molecule has 0 aromatic carbocycles. The van der Waals surface area contributed by atoms with Gasteiger partial charge in [-0.05, 0) is 34.1 Å². The molecule has 2 rings (SSSR count). The molecule has 2 aromatic heterocycles. The van der Waals surface area contributed by atoms with Gasteiger partial charge in [0.1, 0.15) is 34.2 Å². The fourth-order valence-electron chi connectivity index (χ4n) is 2.18. The number of alkyl halides is 3. The summed E-state index contributed by atoms with van der Waals surface area (Å²) in [5.41, 5.74) is 4.33. The number of nitrogens with zero attached hydrogens (tertiary/aromatic N) is 3. The predicted molar refractivity (Wildman–Crippen MR) is 105 cm³/mol. The van der Waals surface area contributed by atoms with Crippen LogP contribution in [0.1, 0.15) is 16.1 Å². The minimum Gasteiger partial charge on any atom is -0.365 e. The van der Waals surface area contributed by atoms with Gasteiger partial charge in [0.05, 0.1) is 0 Å². The Kier molecular flexibility index (Phi) is 6.88. The van der Waals surface area contributed by atoms with Crippen molar-refractivity contribution in [1.29, 1.82) is 0 Å². The first-order valence-electron chi connectivity index (χ1n) is 8.33. The zero-order chi connectivity index (χ0) is 21.1. The highest BCUT2D eigenvalue weighted by molar-refractivity contribution is 9.10. The van der Waals surface area contributed by atoms with Crippen LogP contribution < -0.4 is 11.1 Å². The number of halogens is 4. The number of ether oxygens (including phenoxy) is 1. The monoisotopic (exact) mass is 479 g/mol. The van der Waals surface area contributed by atoms with Crippen molar-refractivity contribution in [1.82, 2.24) is 14.8 Å². The van der Waals surface area contributed by atoms with Gasteiger partial charge in [0.2, 0.25) is 0 Å². The van der Waals surface area contributed by atoms with E-state index in [0.29, 0.717) is 6.61 Å².